The van der Waals surface area contributed by atoms with Crippen molar-refractivity contribution in [3.8, 4) is 11.5 Å². The smallest absolute Gasteiger partial charge is 0.231 e. The van der Waals surface area contributed by atoms with E-state index in [1.165, 1.54) is 0 Å². The van der Waals surface area contributed by atoms with Crippen molar-refractivity contribution in [2.45, 2.75) is 25.5 Å². The predicted octanol–water partition coefficient (Wildman–Crippen LogP) is 2.51. The molecule has 4 heteroatoms. The molecule has 0 saturated carbocycles. The van der Waals surface area contributed by atoms with Crippen molar-refractivity contribution in [2.75, 3.05) is 6.79 Å². The Hall–Kier alpha value is -1.94. The van der Waals surface area contributed by atoms with Gasteiger partial charge in [-0.25, -0.2) is 0 Å². The van der Waals surface area contributed by atoms with Crippen LogP contribution >= 0.6 is 0 Å². The Balaban J connectivity index is 1.87. The van der Waals surface area contributed by atoms with Crippen molar-refractivity contribution in [3.05, 3.63) is 48.3 Å². The number of hydrogen-bond donors (Lipinski definition) is 1. The maximum atomic E-state index is 10.8. The molecular formula is C15H17NO3. The number of nitrogens with zero attached hydrogens (tertiary/aromatic N) is 1. The molecule has 1 N–H and O–H groups in total. The molecule has 2 aromatic rings. The Kier molecular flexibility index (Phi) is 2.66. The van der Waals surface area contributed by atoms with Crippen molar-refractivity contribution >= 4 is 0 Å². The maximum Gasteiger partial charge on any atom is 0.231 e. The Morgan fingerprint density at radius 3 is 2.89 bits per heavy atom. The highest BCUT2D eigenvalue weighted by molar-refractivity contribution is 5.44. The van der Waals surface area contributed by atoms with Crippen LogP contribution < -0.4 is 9.47 Å². The van der Waals surface area contributed by atoms with Gasteiger partial charge in [0.15, 0.2) is 11.5 Å². The van der Waals surface area contributed by atoms with E-state index in [9.17, 15) is 5.11 Å². The number of fused-ring (bicyclic) bond motifs is 1. The summed E-state index contributed by atoms with van der Waals surface area (Å²) in [7, 11) is 0. The van der Waals surface area contributed by atoms with Gasteiger partial charge in [-0.3, -0.25) is 0 Å². The summed E-state index contributed by atoms with van der Waals surface area (Å²) in [4.78, 5) is 0. The Bertz CT molecular complexity index is 585. The molecule has 1 aromatic heterocycles. The molecule has 0 amide bonds. The molecule has 1 aliphatic heterocycles. The maximum absolute atomic E-state index is 10.8. The number of benzene rings is 1. The van der Waals surface area contributed by atoms with E-state index in [1.807, 2.05) is 42.7 Å². The van der Waals surface area contributed by atoms with Crippen LogP contribution in [0.3, 0.4) is 0 Å². The first-order valence-electron chi connectivity index (χ1n) is 6.96. The summed E-state index contributed by atoms with van der Waals surface area (Å²) in [5.74, 6) is 1.45. The lowest BCUT2D eigenvalue weighted by atomic mass is 9.99. The molecule has 19 heavy (non-hydrogen) atoms. The summed E-state index contributed by atoms with van der Waals surface area (Å²) in [6, 6.07) is 9.41. The number of hydrogen-bond acceptors (Lipinski definition) is 3. The first-order chi connectivity index (χ1) is 9.71. The minimum absolute atomic E-state index is 0.166. The zero-order valence-corrected chi connectivity index (χ0v) is 10.6. The fraction of sp³-hybridized carbons (Fsp3) is 0.333. The minimum atomic E-state index is -1.08. The molecule has 0 aliphatic carbocycles. The lowest BCUT2D eigenvalue weighted by Crippen LogP contribution is -2.34. The van der Waals surface area contributed by atoms with Gasteiger partial charge in [-0.1, -0.05) is 13.0 Å². The van der Waals surface area contributed by atoms with E-state index in [2.05, 4.69) is 0 Å². The second-order valence-electron chi connectivity index (χ2n) is 4.69. The van der Waals surface area contributed by atoms with Crippen molar-refractivity contribution in [1.82, 2.24) is 4.57 Å². The first-order valence-corrected chi connectivity index (χ1v) is 6.25. The van der Waals surface area contributed by atoms with Crippen LogP contribution in [-0.4, -0.2) is 16.5 Å². The third kappa shape index (κ3) is 2.19. The van der Waals surface area contributed by atoms with Crippen LogP contribution in [-0.2, 0) is 12.1 Å². The fourth-order valence-electron chi connectivity index (χ4n) is 2.30. The standard InChI is InChI=1S/C15H17NO3/c1-2-15(17,16-7-3-4-8-16)10-12-5-6-13-14(9-12)19-11-18-13/h3-9,17H,2,10-11H2,1H3/i1D. The van der Waals surface area contributed by atoms with Gasteiger partial charge in [0.05, 0.1) is 0 Å². The normalized spacial score (nSPS) is 17.0. The summed E-state index contributed by atoms with van der Waals surface area (Å²) in [5.41, 5.74) is -0.127. The highest BCUT2D eigenvalue weighted by atomic mass is 16.7. The lowest BCUT2D eigenvalue weighted by Gasteiger charge is -2.29. The molecule has 0 saturated heterocycles. The molecular weight excluding hydrogens is 242 g/mol. The third-order valence-electron chi connectivity index (χ3n) is 3.41. The third-order valence-corrected chi connectivity index (χ3v) is 3.41. The van der Waals surface area contributed by atoms with Crippen molar-refractivity contribution < 1.29 is 16.0 Å². The van der Waals surface area contributed by atoms with Crippen LogP contribution in [0.4, 0.5) is 0 Å². The molecule has 1 aromatic carbocycles. The van der Waals surface area contributed by atoms with E-state index in [1.54, 1.807) is 4.57 Å². The van der Waals surface area contributed by atoms with E-state index in [4.69, 9.17) is 10.8 Å². The summed E-state index contributed by atoms with van der Waals surface area (Å²) in [5, 5.41) is 10.8. The zero-order valence-electron chi connectivity index (χ0n) is 11.6. The topological polar surface area (TPSA) is 43.6 Å². The van der Waals surface area contributed by atoms with Gasteiger partial charge < -0.3 is 19.1 Å². The average molecular weight is 260 g/mol. The molecule has 0 bridgehead atoms. The number of rotatable bonds is 4. The number of aliphatic hydroxyl groups is 1. The monoisotopic (exact) mass is 260 g/mol. The largest absolute Gasteiger partial charge is 0.454 e. The quantitative estimate of drug-likeness (QED) is 0.918. The summed E-state index contributed by atoms with van der Waals surface area (Å²) < 4.78 is 19.8. The average Bonchev–Trinajstić information content (AvgIpc) is 3.10. The zero-order chi connectivity index (χ0) is 14.0. The highest BCUT2D eigenvalue weighted by Gasteiger charge is 2.27. The first kappa shape index (κ1) is 10.9. The minimum Gasteiger partial charge on any atom is -0.454 e. The van der Waals surface area contributed by atoms with Gasteiger partial charge in [0.1, 0.15) is 5.72 Å². The molecule has 3 rings (SSSR count). The second kappa shape index (κ2) is 4.63. The molecule has 1 unspecified atom stereocenters. The highest BCUT2D eigenvalue weighted by Crippen LogP contribution is 2.34. The van der Waals surface area contributed by atoms with Crippen LogP contribution in [0.1, 0.15) is 20.3 Å². The second-order valence-corrected chi connectivity index (χ2v) is 4.69. The van der Waals surface area contributed by atoms with E-state index in [-0.39, 0.29) is 13.7 Å². The molecule has 4 nitrogen and oxygen atoms in total. The van der Waals surface area contributed by atoms with Crippen molar-refractivity contribution in [2.24, 2.45) is 0 Å². The summed E-state index contributed by atoms with van der Waals surface area (Å²) >= 11 is 0. The van der Waals surface area contributed by atoms with Gasteiger partial charge >= 0.3 is 0 Å². The number of ether oxygens (including phenoxy) is 2. The van der Waals surface area contributed by atoms with Crippen LogP contribution in [0.25, 0.3) is 0 Å². The van der Waals surface area contributed by atoms with Gasteiger partial charge in [0, 0.05) is 20.2 Å². The van der Waals surface area contributed by atoms with E-state index in [0.717, 1.165) is 11.3 Å². The van der Waals surface area contributed by atoms with Gasteiger partial charge in [0.25, 0.3) is 0 Å². The molecule has 0 fully saturated rings. The molecule has 1 aliphatic rings. The van der Waals surface area contributed by atoms with Crippen LogP contribution in [0.2, 0.25) is 0 Å². The molecule has 0 spiro atoms. The summed E-state index contributed by atoms with van der Waals surface area (Å²) in [6.45, 7) is 0.409. The summed E-state index contributed by atoms with van der Waals surface area (Å²) in [6.07, 6.45) is 4.44. The van der Waals surface area contributed by atoms with Gasteiger partial charge in [-0.2, -0.15) is 0 Å². The molecule has 100 valence electrons. The molecule has 1 atom stereocenters. The van der Waals surface area contributed by atoms with E-state index < -0.39 is 5.72 Å². The fourth-order valence-corrected chi connectivity index (χ4v) is 2.30. The Labute approximate surface area is 113 Å². The number of aromatic nitrogens is 1. The van der Waals surface area contributed by atoms with Crippen LogP contribution in [0, 0.1) is 0 Å². The van der Waals surface area contributed by atoms with E-state index >= 15 is 0 Å². The Morgan fingerprint density at radius 1 is 1.32 bits per heavy atom. The van der Waals surface area contributed by atoms with Gasteiger partial charge in [-0.15, -0.1) is 0 Å². The van der Waals surface area contributed by atoms with Crippen molar-refractivity contribution in [1.29, 1.82) is 0 Å². The lowest BCUT2D eigenvalue weighted by molar-refractivity contribution is -0.0407. The van der Waals surface area contributed by atoms with E-state index in [0.29, 0.717) is 18.6 Å². The van der Waals surface area contributed by atoms with Crippen molar-refractivity contribution in [3.63, 3.8) is 0 Å². The van der Waals surface area contributed by atoms with Gasteiger partial charge in [0.2, 0.25) is 6.79 Å². The predicted molar refractivity (Wildman–Crippen MR) is 71.2 cm³/mol. The molecule has 0 radical (unpaired) electrons. The SMILES string of the molecule is [2H]CCC(O)(Cc1ccc2c(c1)OCO2)n1cccc1. The Morgan fingerprint density at radius 2 is 2.11 bits per heavy atom. The van der Waals surface area contributed by atoms with Gasteiger partial charge in [-0.05, 0) is 36.2 Å². The van der Waals surface area contributed by atoms with Crippen LogP contribution in [0.5, 0.6) is 11.5 Å². The molecule has 2 heterocycles. The van der Waals surface area contributed by atoms with Crippen LogP contribution in [0.15, 0.2) is 42.7 Å².